The molecule has 1 fully saturated rings. The van der Waals surface area contributed by atoms with Gasteiger partial charge in [0, 0.05) is 12.1 Å². The van der Waals surface area contributed by atoms with Crippen LogP contribution in [0.4, 0.5) is 0 Å². The van der Waals surface area contributed by atoms with Crippen molar-refractivity contribution >= 4 is 5.97 Å². The highest BCUT2D eigenvalue weighted by atomic mass is 16.4. The first-order valence-corrected chi connectivity index (χ1v) is 6.20. The SMILES string of the molecule is Cc1oc(C(=O)O)cc1CNCCCC1CC1. The minimum Gasteiger partial charge on any atom is -0.475 e. The van der Waals surface area contributed by atoms with Crippen LogP contribution in [0.3, 0.4) is 0 Å². The van der Waals surface area contributed by atoms with E-state index in [2.05, 4.69) is 5.32 Å². The molecule has 0 bridgehead atoms. The number of carbonyl (C=O) groups is 1. The number of furan rings is 1. The molecule has 17 heavy (non-hydrogen) atoms. The molecular formula is C13H19NO3. The molecule has 2 N–H and O–H groups in total. The van der Waals surface area contributed by atoms with Crippen molar-refractivity contribution in [3.05, 3.63) is 23.2 Å². The Morgan fingerprint density at radius 2 is 2.35 bits per heavy atom. The Morgan fingerprint density at radius 3 is 2.94 bits per heavy atom. The molecule has 1 aromatic rings. The molecule has 2 rings (SSSR count). The highest BCUT2D eigenvalue weighted by molar-refractivity contribution is 5.84. The molecule has 1 aromatic heterocycles. The third kappa shape index (κ3) is 3.60. The van der Waals surface area contributed by atoms with Crippen LogP contribution in [-0.2, 0) is 6.54 Å². The van der Waals surface area contributed by atoms with Crippen molar-refractivity contribution in [1.29, 1.82) is 0 Å². The van der Waals surface area contributed by atoms with Crippen LogP contribution in [0, 0.1) is 12.8 Å². The number of carboxylic acids is 1. The predicted molar refractivity (Wildman–Crippen MR) is 64.1 cm³/mol. The Hall–Kier alpha value is -1.29. The summed E-state index contributed by atoms with van der Waals surface area (Å²) in [6, 6.07) is 1.60. The number of hydrogen-bond donors (Lipinski definition) is 2. The molecule has 1 saturated carbocycles. The minimum atomic E-state index is -1.01. The van der Waals surface area contributed by atoms with Crippen molar-refractivity contribution in [2.45, 2.75) is 39.2 Å². The van der Waals surface area contributed by atoms with Crippen molar-refractivity contribution in [3.63, 3.8) is 0 Å². The Balaban J connectivity index is 1.71. The largest absolute Gasteiger partial charge is 0.475 e. The summed E-state index contributed by atoms with van der Waals surface area (Å²) >= 11 is 0. The summed E-state index contributed by atoms with van der Waals surface area (Å²) in [4.78, 5) is 10.7. The Morgan fingerprint density at radius 1 is 1.59 bits per heavy atom. The second-order valence-electron chi connectivity index (χ2n) is 4.76. The average molecular weight is 237 g/mol. The molecule has 0 aliphatic heterocycles. The van der Waals surface area contributed by atoms with Crippen LogP contribution in [0.25, 0.3) is 0 Å². The van der Waals surface area contributed by atoms with Gasteiger partial charge in [0.05, 0.1) is 0 Å². The first-order chi connectivity index (χ1) is 8.16. The van der Waals surface area contributed by atoms with Crippen LogP contribution in [0.15, 0.2) is 10.5 Å². The van der Waals surface area contributed by atoms with Gasteiger partial charge in [-0.2, -0.15) is 0 Å². The molecule has 1 aliphatic rings. The van der Waals surface area contributed by atoms with Gasteiger partial charge in [0.2, 0.25) is 5.76 Å². The molecule has 4 nitrogen and oxygen atoms in total. The van der Waals surface area contributed by atoms with Gasteiger partial charge in [0.1, 0.15) is 5.76 Å². The monoisotopic (exact) mass is 237 g/mol. The van der Waals surface area contributed by atoms with E-state index in [4.69, 9.17) is 9.52 Å². The van der Waals surface area contributed by atoms with Gasteiger partial charge in [-0.25, -0.2) is 4.79 Å². The highest BCUT2D eigenvalue weighted by Gasteiger charge is 2.20. The molecule has 1 heterocycles. The lowest BCUT2D eigenvalue weighted by Gasteiger charge is -2.02. The number of hydrogen-bond acceptors (Lipinski definition) is 3. The maximum absolute atomic E-state index is 10.7. The van der Waals surface area contributed by atoms with E-state index in [9.17, 15) is 4.79 Å². The molecule has 0 unspecified atom stereocenters. The van der Waals surface area contributed by atoms with Crippen molar-refractivity contribution in [3.8, 4) is 0 Å². The summed E-state index contributed by atoms with van der Waals surface area (Å²) in [5, 5.41) is 12.1. The lowest BCUT2D eigenvalue weighted by atomic mass is 10.2. The molecule has 94 valence electrons. The van der Waals surface area contributed by atoms with Gasteiger partial charge in [-0.1, -0.05) is 12.8 Å². The van der Waals surface area contributed by atoms with Crippen LogP contribution in [0.2, 0.25) is 0 Å². The predicted octanol–water partition coefficient (Wildman–Crippen LogP) is 2.57. The topological polar surface area (TPSA) is 62.5 Å². The number of aryl methyl sites for hydroxylation is 1. The Kier molecular flexibility index (Phi) is 3.84. The minimum absolute atomic E-state index is 0.0253. The zero-order valence-electron chi connectivity index (χ0n) is 10.2. The summed E-state index contributed by atoms with van der Waals surface area (Å²) in [5.74, 6) is 0.688. The quantitative estimate of drug-likeness (QED) is 0.715. The standard InChI is InChI=1S/C13H19NO3/c1-9-11(7-12(17-9)13(15)16)8-14-6-2-3-10-4-5-10/h7,10,14H,2-6,8H2,1H3,(H,15,16). The van der Waals surface area contributed by atoms with E-state index in [0.29, 0.717) is 12.3 Å². The van der Waals surface area contributed by atoms with E-state index in [1.807, 2.05) is 0 Å². The number of rotatable bonds is 7. The normalized spacial score (nSPS) is 15.1. The van der Waals surface area contributed by atoms with Crippen LogP contribution in [0.1, 0.15) is 47.6 Å². The van der Waals surface area contributed by atoms with Crippen molar-refractivity contribution in [2.24, 2.45) is 5.92 Å². The van der Waals surface area contributed by atoms with Gasteiger partial charge in [0.25, 0.3) is 0 Å². The van der Waals surface area contributed by atoms with Gasteiger partial charge < -0.3 is 14.8 Å². The van der Waals surface area contributed by atoms with Crippen LogP contribution >= 0.6 is 0 Å². The van der Waals surface area contributed by atoms with Crippen LogP contribution < -0.4 is 5.32 Å². The molecule has 0 saturated heterocycles. The maximum Gasteiger partial charge on any atom is 0.371 e. The summed E-state index contributed by atoms with van der Waals surface area (Å²) in [6.45, 7) is 3.48. The molecule has 4 heteroatoms. The summed E-state index contributed by atoms with van der Waals surface area (Å²) in [5.41, 5.74) is 0.939. The summed E-state index contributed by atoms with van der Waals surface area (Å²) in [7, 11) is 0. The average Bonchev–Trinajstić information content (AvgIpc) is 3.02. The second-order valence-corrected chi connectivity index (χ2v) is 4.76. The fourth-order valence-corrected chi connectivity index (χ4v) is 1.95. The van der Waals surface area contributed by atoms with Gasteiger partial charge in [-0.3, -0.25) is 0 Å². The molecule has 0 atom stereocenters. The molecule has 0 amide bonds. The van der Waals surface area contributed by atoms with E-state index in [0.717, 1.165) is 18.0 Å². The van der Waals surface area contributed by atoms with Crippen molar-refractivity contribution in [1.82, 2.24) is 5.32 Å². The summed E-state index contributed by atoms with van der Waals surface area (Å²) < 4.78 is 5.14. The first-order valence-electron chi connectivity index (χ1n) is 6.20. The highest BCUT2D eigenvalue weighted by Crippen LogP contribution is 2.33. The summed E-state index contributed by atoms with van der Waals surface area (Å²) in [6.07, 6.45) is 5.33. The fraction of sp³-hybridized carbons (Fsp3) is 0.615. The van der Waals surface area contributed by atoms with E-state index in [-0.39, 0.29) is 5.76 Å². The molecule has 0 radical (unpaired) electrons. The maximum atomic E-state index is 10.7. The Bertz CT molecular complexity index is 393. The van der Waals surface area contributed by atoms with Crippen LogP contribution in [0.5, 0.6) is 0 Å². The van der Waals surface area contributed by atoms with Gasteiger partial charge >= 0.3 is 5.97 Å². The molecule has 0 aromatic carbocycles. The van der Waals surface area contributed by atoms with Gasteiger partial charge in [-0.05, 0) is 38.3 Å². The first kappa shape index (κ1) is 12.2. The van der Waals surface area contributed by atoms with Gasteiger partial charge in [-0.15, -0.1) is 0 Å². The Labute approximate surface area is 101 Å². The third-order valence-electron chi connectivity index (χ3n) is 3.21. The lowest BCUT2D eigenvalue weighted by molar-refractivity contribution is 0.0661. The van der Waals surface area contributed by atoms with E-state index < -0.39 is 5.97 Å². The molecular weight excluding hydrogens is 218 g/mol. The number of carboxylic acid groups (broad SMARTS) is 1. The molecule has 0 spiro atoms. The van der Waals surface area contributed by atoms with Crippen LogP contribution in [-0.4, -0.2) is 17.6 Å². The molecule has 1 aliphatic carbocycles. The zero-order valence-corrected chi connectivity index (χ0v) is 10.2. The number of nitrogens with one attached hydrogen (secondary N) is 1. The van der Waals surface area contributed by atoms with E-state index in [1.54, 1.807) is 13.0 Å². The fourth-order valence-electron chi connectivity index (χ4n) is 1.95. The smallest absolute Gasteiger partial charge is 0.371 e. The van der Waals surface area contributed by atoms with Gasteiger partial charge in [0.15, 0.2) is 0 Å². The second kappa shape index (κ2) is 5.36. The lowest BCUT2D eigenvalue weighted by Crippen LogP contribution is -2.14. The van der Waals surface area contributed by atoms with E-state index >= 15 is 0 Å². The zero-order chi connectivity index (χ0) is 12.3. The van der Waals surface area contributed by atoms with Crippen molar-refractivity contribution < 1.29 is 14.3 Å². The van der Waals surface area contributed by atoms with E-state index in [1.165, 1.54) is 25.7 Å². The third-order valence-corrected chi connectivity index (χ3v) is 3.21. The van der Waals surface area contributed by atoms with Crippen molar-refractivity contribution in [2.75, 3.05) is 6.54 Å². The number of aromatic carboxylic acids is 1.